The lowest BCUT2D eigenvalue weighted by Gasteiger charge is -2.25. The largest absolute Gasteiger partial charge is 0.379 e. The molecule has 98 valence electrons. The Bertz CT molecular complexity index is 171. The van der Waals surface area contributed by atoms with Crippen molar-refractivity contribution in [2.45, 2.75) is 52.2 Å². The van der Waals surface area contributed by atoms with E-state index in [1.165, 1.54) is 6.42 Å². The Hall–Kier alpha value is -0.120. The fraction of sp³-hybridized carbons (Fsp3) is 1.00. The maximum Gasteiger partial charge on any atom is 0.0634 e. The van der Waals surface area contributed by atoms with Gasteiger partial charge in [-0.25, -0.2) is 0 Å². The van der Waals surface area contributed by atoms with E-state index in [0.717, 1.165) is 26.1 Å². The lowest BCUT2D eigenvalue weighted by molar-refractivity contribution is 0.0158. The molecule has 1 unspecified atom stereocenters. The van der Waals surface area contributed by atoms with Crippen molar-refractivity contribution in [1.29, 1.82) is 0 Å². The average Bonchev–Trinajstić information content (AvgIpc) is 2.27. The Balaban J connectivity index is 3.47. The first-order chi connectivity index (χ1) is 7.43. The zero-order valence-corrected chi connectivity index (χ0v) is 12.0. The van der Waals surface area contributed by atoms with Crippen molar-refractivity contribution in [2.75, 3.05) is 33.8 Å². The number of likely N-dealkylation sites (N-methyl/N-ethyl adjacent to an activating group) is 1. The predicted octanol–water partition coefficient (Wildman–Crippen LogP) is 2.12. The second-order valence-corrected chi connectivity index (χ2v) is 5.20. The topological polar surface area (TPSA) is 24.5 Å². The fourth-order valence-electron chi connectivity index (χ4n) is 1.40. The summed E-state index contributed by atoms with van der Waals surface area (Å²) in [6, 6.07) is 0.678. The quantitative estimate of drug-likeness (QED) is 0.614. The maximum absolute atomic E-state index is 5.37. The molecule has 0 aliphatic carbocycles. The Morgan fingerprint density at radius 2 is 1.94 bits per heavy atom. The molecule has 0 amide bonds. The minimum atomic E-state index is -0.00435. The SMILES string of the molecule is CCC(C)N(C)CCNCCC(C)(C)OC. The van der Waals surface area contributed by atoms with Crippen LogP contribution in [0.2, 0.25) is 0 Å². The van der Waals surface area contributed by atoms with Gasteiger partial charge >= 0.3 is 0 Å². The van der Waals surface area contributed by atoms with Gasteiger partial charge in [0.1, 0.15) is 0 Å². The Morgan fingerprint density at radius 1 is 1.31 bits per heavy atom. The molecule has 0 rings (SSSR count). The standard InChI is InChI=1S/C13H30N2O/c1-7-12(2)15(5)11-10-14-9-8-13(3,4)16-6/h12,14H,7-11H2,1-6H3. The normalized spacial score (nSPS) is 14.4. The third-order valence-electron chi connectivity index (χ3n) is 3.44. The summed E-state index contributed by atoms with van der Waals surface area (Å²) in [5.41, 5.74) is -0.00435. The lowest BCUT2D eigenvalue weighted by atomic mass is 10.1. The molecule has 0 saturated heterocycles. The van der Waals surface area contributed by atoms with Crippen molar-refractivity contribution in [3.8, 4) is 0 Å². The molecule has 0 aromatic rings. The molecule has 16 heavy (non-hydrogen) atoms. The summed E-state index contributed by atoms with van der Waals surface area (Å²) in [7, 11) is 3.96. The van der Waals surface area contributed by atoms with Crippen LogP contribution < -0.4 is 5.32 Å². The van der Waals surface area contributed by atoms with Crippen LogP contribution in [0.5, 0.6) is 0 Å². The Labute approximate surface area is 102 Å². The zero-order valence-electron chi connectivity index (χ0n) is 12.0. The number of methoxy groups -OCH3 is 1. The van der Waals surface area contributed by atoms with Crippen molar-refractivity contribution in [3.05, 3.63) is 0 Å². The summed E-state index contributed by atoms with van der Waals surface area (Å²) in [6.07, 6.45) is 2.27. The van der Waals surface area contributed by atoms with Gasteiger partial charge in [0.2, 0.25) is 0 Å². The van der Waals surface area contributed by atoms with Gasteiger partial charge in [-0.05, 0) is 47.2 Å². The summed E-state index contributed by atoms with van der Waals surface area (Å²) in [5, 5.41) is 3.46. The summed E-state index contributed by atoms with van der Waals surface area (Å²) in [4.78, 5) is 2.40. The van der Waals surface area contributed by atoms with Gasteiger partial charge in [-0.15, -0.1) is 0 Å². The van der Waals surface area contributed by atoms with Gasteiger partial charge in [0.15, 0.2) is 0 Å². The van der Waals surface area contributed by atoms with Crippen LogP contribution in [0.15, 0.2) is 0 Å². The smallest absolute Gasteiger partial charge is 0.0634 e. The summed E-state index contributed by atoms with van der Waals surface area (Å²) in [5.74, 6) is 0. The third-order valence-corrected chi connectivity index (χ3v) is 3.44. The third kappa shape index (κ3) is 7.20. The molecular weight excluding hydrogens is 200 g/mol. The molecule has 0 spiro atoms. The average molecular weight is 230 g/mol. The lowest BCUT2D eigenvalue weighted by Crippen LogP contribution is -2.36. The van der Waals surface area contributed by atoms with Crippen LogP contribution in [0.1, 0.15) is 40.5 Å². The molecule has 1 N–H and O–H groups in total. The van der Waals surface area contributed by atoms with Crippen LogP contribution >= 0.6 is 0 Å². The highest BCUT2D eigenvalue weighted by atomic mass is 16.5. The van der Waals surface area contributed by atoms with Crippen LogP contribution in [0.25, 0.3) is 0 Å². The molecule has 0 aromatic heterocycles. The molecule has 0 fully saturated rings. The molecule has 1 atom stereocenters. The van der Waals surface area contributed by atoms with Gasteiger partial charge in [-0.3, -0.25) is 0 Å². The second kappa shape index (κ2) is 8.04. The molecule has 0 aromatic carbocycles. The van der Waals surface area contributed by atoms with E-state index in [1.807, 2.05) is 0 Å². The summed E-state index contributed by atoms with van der Waals surface area (Å²) in [6.45, 7) is 11.9. The minimum Gasteiger partial charge on any atom is -0.379 e. The van der Waals surface area contributed by atoms with Crippen LogP contribution in [-0.4, -0.2) is 50.3 Å². The first-order valence-electron chi connectivity index (χ1n) is 6.39. The second-order valence-electron chi connectivity index (χ2n) is 5.20. The van der Waals surface area contributed by atoms with Crippen LogP contribution in [0.4, 0.5) is 0 Å². The highest BCUT2D eigenvalue weighted by molar-refractivity contribution is 4.69. The predicted molar refractivity (Wildman–Crippen MR) is 71.0 cm³/mol. The molecular formula is C13H30N2O. The number of nitrogens with zero attached hydrogens (tertiary/aromatic N) is 1. The minimum absolute atomic E-state index is 0.00435. The van der Waals surface area contributed by atoms with Crippen molar-refractivity contribution >= 4 is 0 Å². The number of hydrogen-bond acceptors (Lipinski definition) is 3. The molecule has 0 radical (unpaired) electrons. The maximum atomic E-state index is 5.37. The number of nitrogens with one attached hydrogen (secondary N) is 1. The molecule has 0 heterocycles. The summed E-state index contributed by atoms with van der Waals surface area (Å²) < 4.78 is 5.37. The van der Waals surface area contributed by atoms with E-state index in [2.05, 4.69) is 45.0 Å². The molecule has 0 saturated carbocycles. The van der Waals surface area contributed by atoms with E-state index in [1.54, 1.807) is 7.11 Å². The van der Waals surface area contributed by atoms with Crippen molar-refractivity contribution < 1.29 is 4.74 Å². The van der Waals surface area contributed by atoms with Crippen molar-refractivity contribution in [3.63, 3.8) is 0 Å². The van der Waals surface area contributed by atoms with Crippen LogP contribution in [0.3, 0.4) is 0 Å². The van der Waals surface area contributed by atoms with Gasteiger partial charge in [-0.1, -0.05) is 6.92 Å². The van der Waals surface area contributed by atoms with Crippen molar-refractivity contribution in [1.82, 2.24) is 10.2 Å². The summed E-state index contributed by atoms with van der Waals surface area (Å²) >= 11 is 0. The Morgan fingerprint density at radius 3 is 2.44 bits per heavy atom. The van der Waals surface area contributed by atoms with E-state index in [9.17, 15) is 0 Å². The number of hydrogen-bond donors (Lipinski definition) is 1. The zero-order chi connectivity index (χ0) is 12.6. The van der Waals surface area contributed by atoms with Crippen LogP contribution in [0, 0.1) is 0 Å². The fourth-order valence-corrected chi connectivity index (χ4v) is 1.40. The molecule has 0 aliphatic heterocycles. The van der Waals surface area contributed by atoms with E-state index >= 15 is 0 Å². The van der Waals surface area contributed by atoms with E-state index in [0.29, 0.717) is 6.04 Å². The van der Waals surface area contributed by atoms with E-state index in [-0.39, 0.29) is 5.60 Å². The van der Waals surface area contributed by atoms with Gasteiger partial charge < -0.3 is 15.0 Å². The molecule has 0 aliphatic rings. The molecule has 3 heteroatoms. The first kappa shape index (κ1) is 15.9. The highest BCUT2D eigenvalue weighted by Gasteiger charge is 2.15. The first-order valence-corrected chi connectivity index (χ1v) is 6.39. The monoisotopic (exact) mass is 230 g/mol. The molecule has 0 bridgehead atoms. The Kier molecular flexibility index (Phi) is 7.98. The van der Waals surface area contributed by atoms with Gasteiger partial charge in [0.25, 0.3) is 0 Å². The van der Waals surface area contributed by atoms with Gasteiger partial charge in [0.05, 0.1) is 5.60 Å². The van der Waals surface area contributed by atoms with Crippen LogP contribution in [-0.2, 0) is 4.74 Å². The molecule has 3 nitrogen and oxygen atoms in total. The van der Waals surface area contributed by atoms with Crippen molar-refractivity contribution in [2.24, 2.45) is 0 Å². The van der Waals surface area contributed by atoms with Gasteiger partial charge in [0, 0.05) is 26.2 Å². The number of ether oxygens (including phenoxy) is 1. The van der Waals surface area contributed by atoms with Gasteiger partial charge in [-0.2, -0.15) is 0 Å². The highest BCUT2D eigenvalue weighted by Crippen LogP contribution is 2.11. The number of rotatable bonds is 9. The van der Waals surface area contributed by atoms with E-state index in [4.69, 9.17) is 4.74 Å². The van der Waals surface area contributed by atoms with E-state index < -0.39 is 0 Å².